The lowest BCUT2D eigenvalue weighted by Gasteiger charge is -2.15. The van der Waals surface area contributed by atoms with E-state index >= 15 is 0 Å². The molecule has 0 saturated heterocycles. The summed E-state index contributed by atoms with van der Waals surface area (Å²) in [6.45, 7) is -0.191. The molecule has 0 bridgehead atoms. The molecule has 2 amide bonds. The van der Waals surface area contributed by atoms with Crippen LogP contribution in [-0.4, -0.2) is 54.4 Å². The summed E-state index contributed by atoms with van der Waals surface area (Å²) in [5.41, 5.74) is 4.67. The standard InChI is InChI=1S/C25H23N3O6/c29-22(30)15-33-13-12-27-24(31)23-21(10-5-11-26-23)28-25(32)34-14-20-18-8-3-1-6-16(18)17-7-2-4-9-19(17)20/h1-11,20H,12-15H2,(H,27,31)(H,28,32)(H,29,30). The van der Waals surface area contributed by atoms with Crippen LogP contribution in [0, 0.1) is 0 Å². The van der Waals surface area contributed by atoms with Crippen molar-refractivity contribution in [3.05, 3.63) is 83.7 Å². The van der Waals surface area contributed by atoms with E-state index in [0.29, 0.717) is 0 Å². The smallest absolute Gasteiger partial charge is 0.411 e. The zero-order valence-electron chi connectivity index (χ0n) is 18.2. The number of rotatable bonds is 9. The number of carboxylic acid groups (broad SMARTS) is 1. The molecule has 4 rings (SSSR count). The van der Waals surface area contributed by atoms with Crippen LogP contribution in [0.1, 0.15) is 27.5 Å². The van der Waals surface area contributed by atoms with Crippen molar-refractivity contribution in [1.82, 2.24) is 10.3 Å². The van der Waals surface area contributed by atoms with E-state index in [1.165, 1.54) is 6.20 Å². The number of fused-ring (bicyclic) bond motifs is 3. The van der Waals surface area contributed by atoms with Crippen molar-refractivity contribution >= 4 is 23.7 Å². The molecule has 1 aromatic heterocycles. The molecule has 0 radical (unpaired) electrons. The van der Waals surface area contributed by atoms with Crippen molar-refractivity contribution in [2.24, 2.45) is 0 Å². The van der Waals surface area contributed by atoms with Gasteiger partial charge in [0.25, 0.3) is 5.91 Å². The van der Waals surface area contributed by atoms with E-state index in [0.717, 1.165) is 22.3 Å². The third-order valence-corrected chi connectivity index (χ3v) is 5.36. The van der Waals surface area contributed by atoms with Crippen molar-refractivity contribution in [2.45, 2.75) is 5.92 Å². The molecule has 9 heteroatoms. The Balaban J connectivity index is 1.36. The molecule has 0 atom stereocenters. The van der Waals surface area contributed by atoms with Gasteiger partial charge in [0, 0.05) is 18.7 Å². The highest BCUT2D eigenvalue weighted by atomic mass is 16.5. The van der Waals surface area contributed by atoms with Gasteiger partial charge in [0.1, 0.15) is 13.2 Å². The summed E-state index contributed by atoms with van der Waals surface area (Å²) in [5.74, 6) is -1.71. The van der Waals surface area contributed by atoms with Gasteiger partial charge in [0.15, 0.2) is 5.69 Å². The Kier molecular flexibility index (Phi) is 7.14. The molecule has 9 nitrogen and oxygen atoms in total. The first kappa shape index (κ1) is 22.9. The van der Waals surface area contributed by atoms with Gasteiger partial charge in [-0.1, -0.05) is 48.5 Å². The summed E-state index contributed by atoms with van der Waals surface area (Å²) in [6.07, 6.45) is 0.729. The Hall–Kier alpha value is -4.24. The number of benzene rings is 2. The Bertz CT molecular complexity index is 1170. The van der Waals surface area contributed by atoms with Crippen molar-refractivity contribution in [3.8, 4) is 11.1 Å². The molecule has 0 saturated carbocycles. The molecule has 174 valence electrons. The fourth-order valence-electron chi connectivity index (χ4n) is 3.91. The van der Waals surface area contributed by atoms with Crippen LogP contribution in [0.15, 0.2) is 66.9 Å². The van der Waals surface area contributed by atoms with Crippen LogP contribution >= 0.6 is 0 Å². The van der Waals surface area contributed by atoms with Crippen LogP contribution in [0.3, 0.4) is 0 Å². The molecule has 0 unspecified atom stereocenters. The molecule has 0 spiro atoms. The second kappa shape index (κ2) is 10.6. The largest absolute Gasteiger partial charge is 0.480 e. The van der Waals surface area contributed by atoms with Gasteiger partial charge in [-0.25, -0.2) is 14.6 Å². The molecule has 0 aliphatic heterocycles. The third-order valence-electron chi connectivity index (χ3n) is 5.36. The fraction of sp³-hybridized carbons (Fsp3) is 0.200. The second-order valence-electron chi connectivity index (χ2n) is 7.55. The monoisotopic (exact) mass is 461 g/mol. The molecule has 1 aliphatic carbocycles. The number of carbonyl (C=O) groups is 3. The van der Waals surface area contributed by atoms with Crippen molar-refractivity contribution < 1.29 is 29.0 Å². The van der Waals surface area contributed by atoms with Gasteiger partial charge in [-0.15, -0.1) is 0 Å². The first-order valence-electron chi connectivity index (χ1n) is 10.7. The number of hydrogen-bond donors (Lipinski definition) is 3. The number of amides is 2. The van der Waals surface area contributed by atoms with Crippen LogP contribution < -0.4 is 10.6 Å². The minimum Gasteiger partial charge on any atom is -0.480 e. The molecular weight excluding hydrogens is 438 g/mol. The lowest BCUT2D eigenvalue weighted by atomic mass is 9.98. The van der Waals surface area contributed by atoms with Crippen molar-refractivity contribution in [2.75, 3.05) is 31.7 Å². The first-order valence-corrected chi connectivity index (χ1v) is 10.7. The lowest BCUT2D eigenvalue weighted by molar-refractivity contribution is -0.142. The average molecular weight is 461 g/mol. The summed E-state index contributed by atoms with van der Waals surface area (Å²) in [5, 5.41) is 13.7. The number of nitrogens with zero attached hydrogens (tertiary/aromatic N) is 1. The van der Waals surface area contributed by atoms with Gasteiger partial charge in [-0.2, -0.15) is 0 Å². The quantitative estimate of drug-likeness (QED) is 0.417. The van der Waals surface area contributed by atoms with Crippen LogP contribution in [0.25, 0.3) is 11.1 Å². The van der Waals surface area contributed by atoms with Gasteiger partial charge in [-0.05, 0) is 34.4 Å². The zero-order valence-corrected chi connectivity index (χ0v) is 18.2. The predicted molar refractivity (Wildman–Crippen MR) is 124 cm³/mol. The SMILES string of the molecule is O=C(O)COCCNC(=O)c1ncccc1NC(=O)OCC1c2ccccc2-c2ccccc21. The number of carbonyl (C=O) groups excluding carboxylic acids is 2. The molecule has 2 aromatic carbocycles. The number of nitrogens with one attached hydrogen (secondary N) is 2. The number of pyridine rings is 1. The number of aliphatic carboxylic acids is 1. The van der Waals surface area contributed by atoms with E-state index in [9.17, 15) is 14.4 Å². The van der Waals surface area contributed by atoms with E-state index < -0.39 is 24.6 Å². The maximum absolute atomic E-state index is 12.6. The van der Waals surface area contributed by atoms with Gasteiger partial charge in [-0.3, -0.25) is 10.1 Å². The predicted octanol–water partition coefficient (Wildman–Crippen LogP) is 3.27. The van der Waals surface area contributed by atoms with Crippen molar-refractivity contribution in [1.29, 1.82) is 0 Å². The first-order chi connectivity index (χ1) is 16.5. The maximum Gasteiger partial charge on any atom is 0.411 e. The van der Waals surface area contributed by atoms with Crippen LogP contribution in [0.2, 0.25) is 0 Å². The highest BCUT2D eigenvalue weighted by Crippen LogP contribution is 2.44. The van der Waals surface area contributed by atoms with Gasteiger partial charge < -0.3 is 19.9 Å². The van der Waals surface area contributed by atoms with E-state index in [1.54, 1.807) is 12.1 Å². The van der Waals surface area contributed by atoms with Crippen LogP contribution in [0.4, 0.5) is 10.5 Å². The summed E-state index contributed by atoms with van der Waals surface area (Å²) < 4.78 is 10.4. The van der Waals surface area contributed by atoms with Gasteiger partial charge >= 0.3 is 12.1 Å². The molecule has 3 N–H and O–H groups in total. The maximum atomic E-state index is 12.6. The number of anilines is 1. The Morgan fingerprint density at radius 2 is 1.62 bits per heavy atom. The van der Waals surface area contributed by atoms with Crippen molar-refractivity contribution in [3.63, 3.8) is 0 Å². The highest BCUT2D eigenvalue weighted by Gasteiger charge is 2.29. The topological polar surface area (TPSA) is 127 Å². The summed E-state index contributed by atoms with van der Waals surface area (Å²) in [6, 6.07) is 19.2. The number of aromatic nitrogens is 1. The Morgan fingerprint density at radius 3 is 2.29 bits per heavy atom. The number of hydrogen-bond acceptors (Lipinski definition) is 6. The number of ether oxygens (including phenoxy) is 2. The average Bonchev–Trinajstić information content (AvgIpc) is 3.16. The minimum absolute atomic E-state index is 0.00856. The van der Waals surface area contributed by atoms with E-state index in [4.69, 9.17) is 14.6 Å². The third kappa shape index (κ3) is 5.21. The van der Waals surface area contributed by atoms with Crippen LogP contribution in [-0.2, 0) is 14.3 Å². The zero-order chi connectivity index (χ0) is 23.9. The summed E-state index contributed by atoms with van der Waals surface area (Å²) in [4.78, 5) is 39.5. The molecule has 1 heterocycles. The molecule has 1 aliphatic rings. The summed E-state index contributed by atoms with van der Waals surface area (Å²) in [7, 11) is 0. The van der Waals surface area contributed by atoms with Crippen LogP contribution in [0.5, 0.6) is 0 Å². The van der Waals surface area contributed by atoms with Gasteiger partial charge in [0.05, 0.1) is 12.3 Å². The Morgan fingerprint density at radius 1 is 0.941 bits per heavy atom. The summed E-state index contributed by atoms with van der Waals surface area (Å²) >= 11 is 0. The molecule has 0 fully saturated rings. The second-order valence-corrected chi connectivity index (χ2v) is 7.55. The Labute approximate surface area is 195 Å². The lowest BCUT2D eigenvalue weighted by Crippen LogP contribution is -2.30. The normalized spacial score (nSPS) is 11.9. The molecule has 3 aromatic rings. The fourth-order valence-corrected chi connectivity index (χ4v) is 3.91. The number of carboxylic acids is 1. The van der Waals surface area contributed by atoms with E-state index in [-0.39, 0.29) is 37.1 Å². The van der Waals surface area contributed by atoms with E-state index in [1.807, 2.05) is 36.4 Å². The van der Waals surface area contributed by atoms with Gasteiger partial charge in [0.2, 0.25) is 0 Å². The molecule has 34 heavy (non-hydrogen) atoms. The highest BCUT2D eigenvalue weighted by molar-refractivity contribution is 6.00. The molecular formula is C25H23N3O6. The minimum atomic E-state index is -1.09. The van der Waals surface area contributed by atoms with E-state index in [2.05, 4.69) is 27.8 Å².